The molecule has 108 valence electrons. The first-order chi connectivity index (χ1) is 10.2. The standard InChI is InChI=1S/C9H13N3O.C7H4O/c10-6-8-4-2-1-3-7(8)5-9(13)12-11;8-7-5-2-1-3-6(7)4-5/h1-4H,5-6,10-11H2,(H,12,13);1-4H. The number of hydrogen-bond acceptors (Lipinski definition) is 4. The molecule has 2 aliphatic rings. The molecular weight excluding hydrogens is 266 g/mol. The SMILES string of the molecule is NCc1ccccc1CC(=O)NN.O=C1c2cccc1c2. The minimum atomic E-state index is -0.207. The van der Waals surface area contributed by atoms with Crippen LogP contribution >= 0.6 is 0 Å². The number of nitrogens with one attached hydrogen (secondary N) is 1. The predicted molar refractivity (Wildman–Crippen MR) is 80.2 cm³/mol. The lowest BCUT2D eigenvalue weighted by Gasteiger charge is -2.10. The van der Waals surface area contributed by atoms with Gasteiger partial charge in [-0.2, -0.15) is 0 Å². The fraction of sp³-hybridized carbons (Fsp3) is 0.125. The molecule has 0 fully saturated rings. The second-order valence-electron chi connectivity index (χ2n) is 4.63. The van der Waals surface area contributed by atoms with E-state index < -0.39 is 0 Å². The first kappa shape index (κ1) is 14.9. The Bertz CT molecular complexity index is 639. The van der Waals surface area contributed by atoms with Gasteiger partial charge < -0.3 is 5.73 Å². The van der Waals surface area contributed by atoms with Crippen LogP contribution in [0, 0.1) is 0 Å². The molecule has 2 aromatic rings. The second kappa shape index (κ2) is 6.78. The summed E-state index contributed by atoms with van der Waals surface area (Å²) in [5.74, 6) is 4.97. The Balaban J connectivity index is 0.000000170. The van der Waals surface area contributed by atoms with Gasteiger partial charge in [0.05, 0.1) is 6.42 Å². The maximum absolute atomic E-state index is 11.0. The van der Waals surface area contributed by atoms with Crippen molar-refractivity contribution in [2.24, 2.45) is 11.6 Å². The predicted octanol–water partition coefficient (Wildman–Crippen LogP) is 0.909. The summed E-state index contributed by atoms with van der Waals surface area (Å²) < 4.78 is 0. The van der Waals surface area contributed by atoms with Crippen molar-refractivity contribution in [1.82, 2.24) is 5.43 Å². The van der Waals surface area contributed by atoms with Crippen LogP contribution in [0.25, 0.3) is 0 Å². The number of rotatable bonds is 3. The number of nitrogens with two attached hydrogens (primary N) is 2. The summed E-state index contributed by atoms with van der Waals surface area (Å²) in [6.07, 6.45) is 0.282. The number of amides is 1. The Morgan fingerprint density at radius 1 is 1.00 bits per heavy atom. The molecule has 5 N–H and O–H groups in total. The Labute approximate surface area is 122 Å². The number of hydrogen-bond donors (Lipinski definition) is 3. The Morgan fingerprint density at radius 2 is 1.62 bits per heavy atom. The number of carbonyl (C=O) groups is 2. The summed E-state index contributed by atoms with van der Waals surface area (Å²) in [4.78, 5) is 21.6. The van der Waals surface area contributed by atoms with Crippen molar-refractivity contribution in [3.8, 4) is 0 Å². The smallest absolute Gasteiger partial charge is 0.238 e. The van der Waals surface area contributed by atoms with Gasteiger partial charge in [0.15, 0.2) is 5.78 Å². The maximum atomic E-state index is 11.0. The van der Waals surface area contributed by atoms with Crippen molar-refractivity contribution in [3.63, 3.8) is 0 Å². The number of benzene rings is 2. The van der Waals surface area contributed by atoms with Crippen molar-refractivity contribution >= 4 is 11.7 Å². The normalized spacial score (nSPS) is 11.0. The molecule has 0 saturated heterocycles. The quantitative estimate of drug-likeness (QED) is 0.378. The van der Waals surface area contributed by atoms with E-state index in [1.165, 1.54) is 0 Å². The lowest BCUT2D eigenvalue weighted by Crippen LogP contribution is -2.31. The van der Waals surface area contributed by atoms with E-state index in [0.717, 1.165) is 22.3 Å². The van der Waals surface area contributed by atoms with Gasteiger partial charge in [-0.25, -0.2) is 5.84 Å². The lowest BCUT2D eigenvalue weighted by atomic mass is 9.92. The van der Waals surface area contributed by atoms with Gasteiger partial charge in [0.25, 0.3) is 0 Å². The van der Waals surface area contributed by atoms with Crippen LogP contribution < -0.4 is 17.0 Å². The van der Waals surface area contributed by atoms with E-state index in [4.69, 9.17) is 11.6 Å². The fourth-order valence-corrected chi connectivity index (χ4v) is 2.04. The number of fused-ring (bicyclic) bond motifs is 2. The Hall–Kier alpha value is -2.50. The van der Waals surface area contributed by atoms with Crippen molar-refractivity contribution in [3.05, 3.63) is 70.8 Å². The van der Waals surface area contributed by atoms with E-state index >= 15 is 0 Å². The molecule has 4 rings (SSSR count). The molecule has 0 aromatic heterocycles. The van der Waals surface area contributed by atoms with Crippen LogP contribution in [0.15, 0.2) is 48.5 Å². The summed E-state index contributed by atoms with van der Waals surface area (Å²) in [6.45, 7) is 0.439. The summed E-state index contributed by atoms with van der Waals surface area (Å²) in [5, 5.41) is 0. The van der Waals surface area contributed by atoms with Gasteiger partial charge in [-0.1, -0.05) is 42.5 Å². The summed E-state index contributed by atoms with van der Waals surface area (Å²) in [7, 11) is 0. The van der Waals surface area contributed by atoms with Crippen LogP contribution in [-0.4, -0.2) is 11.7 Å². The van der Waals surface area contributed by atoms with Gasteiger partial charge in [0.2, 0.25) is 5.91 Å². The van der Waals surface area contributed by atoms with Crippen LogP contribution in [0.1, 0.15) is 27.0 Å². The molecule has 0 radical (unpaired) electrons. The fourth-order valence-electron chi connectivity index (χ4n) is 2.04. The highest BCUT2D eigenvalue weighted by Gasteiger charge is 2.17. The van der Waals surface area contributed by atoms with E-state index in [9.17, 15) is 9.59 Å². The highest BCUT2D eigenvalue weighted by molar-refractivity contribution is 6.16. The van der Waals surface area contributed by atoms with Gasteiger partial charge in [0.1, 0.15) is 0 Å². The molecule has 2 aliphatic carbocycles. The first-order valence-corrected chi connectivity index (χ1v) is 6.56. The molecule has 21 heavy (non-hydrogen) atoms. The minimum absolute atomic E-state index is 0.201. The average Bonchev–Trinajstić information content (AvgIpc) is 2.56. The molecule has 0 atom stereocenters. The molecule has 5 heteroatoms. The van der Waals surface area contributed by atoms with Crippen LogP contribution in [-0.2, 0) is 17.8 Å². The molecule has 2 bridgehead atoms. The third-order valence-electron chi connectivity index (χ3n) is 3.24. The zero-order valence-electron chi connectivity index (χ0n) is 11.5. The largest absolute Gasteiger partial charge is 0.326 e. The summed E-state index contributed by atoms with van der Waals surface area (Å²) in [6, 6.07) is 15.0. The second-order valence-corrected chi connectivity index (χ2v) is 4.63. The average molecular weight is 283 g/mol. The number of carbonyl (C=O) groups excluding carboxylic acids is 2. The van der Waals surface area contributed by atoms with Crippen LogP contribution in [0.2, 0.25) is 0 Å². The maximum Gasteiger partial charge on any atom is 0.238 e. The monoisotopic (exact) mass is 283 g/mol. The molecule has 0 spiro atoms. The molecule has 0 aliphatic heterocycles. The van der Waals surface area contributed by atoms with Gasteiger partial charge in [-0.05, 0) is 17.2 Å². The first-order valence-electron chi connectivity index (χ1n) is 6.56. The minimum Gasteiger partial charge on any atom is -0.326 e. The van der Waals surface area contributed by atoms with E-state index in [1.807, 2.05) is 48.5 Å². The van der Waals surface area contributed by atoms with Crippen LogP contribution in [0.4, 0.5) is 0 Å². The molecule has 0 heterocycles. The number of hydrazine groups is 1. The van der Waals surface area contributed by atoms with E-state index in [1.54, 1.807) is 0 Å². The van der Waals surface area contributed by atoms with Crippen LogP contribution in [0.5, 0.6) is 0 Å². The summed E-state index contributed by atoms with van der Waals surface area (Å²) >= 11 is 0. The van der Waals surface area contributed by atoms with Gasteiger partial charge >= 0.3 is 0 Å². The Kier molecular flexibility index (Phi) is 4.81. The molecule has 5 nitrogen and oxygen atoms in total. The molecular formula is C16H17N3O2. The lowest BCUT2D eigenvalue weighted by molar-refractivity contribution is -0.120. The van der Waals surface area contributed by atoms with Crippen molar-refractivity contribution < 1.29 is 9.59 Å². The zero-order valence-corrected chi connectivity index (χ0v) is 11.5. The molecule has 1 amide bonds. The topological polar surface area (TPSA) is 98.2 Å². The highest BCUT2D eigenvalue weighted by atomic mass is 16.2. The van der Waals surface area contributed by atoms with E-state index in [0.29, 0.717) is 6.54 Å². The van der Waals surface area contributed by atoms with Gasteiger partial charge in [-0.3, -0.25) is 15.0 Å². The van der Waals surface area contributed by atoms with Gasteiger partial charge in [-0.15, -0.1) is 0 Å². The van der Waals surface area contributed by atoms with Crippen molar-refractivity contribution in [1.29, 1.82) is 0 Å². The highest BCUT2D eigenvalue weighted by Crippen LogP contribution is 2.19. The Morgan fingerprint density at radius 3 is 2.05 bits per heavy atom. The summed E-state index contributed by atoms with van der Waals surface area (Å²) in [5.41, 5.74) is 11.2. The third kappa shape index (κ3) is 3.53. The van der Waals surface area contributed by atoms with E-state index in [-0.39, 0.29) is 18.1 Å². The zero-order chi connectivity index (χ0) is 15.2. The van der Waals surface area contributed by atoms with Gasteiger partial charge in [0, 0.05) is 17.7 Å². The van der Waals surface area contributed by atoms with Crippen LogP contribution in [0.3, 0.4) is 0 Å². The third-order valence-corrected chi connectivity index (χ3v) is 3.24. The van der Waals surface area contributed by atoms with E-state index in [2.05, 4.69) is 5.43 Å². The van der Waals surface area contributed by atoms with Crippen molar-refractivity contribution in [2.75, 3.05) is 0 Å². The number of ketones is 1. The van der Waals surface area contributed by atoms with Crippen molar-refractivity contribution in [2.45, 2.75) is 13.0 Å². The molecule has 0 saturated carbocycles. The molecule has 2 aromatic carbocycles. The molecule has 0 unspecified atom stereocenters.